The number of carbonyl (C=O) groups excluding carboxylic acids is 2. The molecule has 0 aliphatic carbocycles. The summed E-state index contributed by atoms with van der Waals surface area (Å²) < 4.78 is 0. The van der Waals surface area contributed by atoms with Gasteiger partial charge in [-0.1, -0.05) is 0 Å². The van der Waals surface area contributed by atoms with Gasteiger partial charge in [-0.2, -0.15) is 0 Å². The summed E-state index contributed by atoms with van der Waals surface area (Å²) in [5.74, 6) is -1.03. The average Bonchev–Trinajstić information content (AvgIpc) is 2.21. The van der Waals surface area contributed by atoms with Gasteiger partial charge < -0.3 is 10.4 Å². The molecule has 0 atom stereocenters. The van der Waals surface area contributed by atoms with Crippen molar-refractivity contribution in [2.75, 3.05) is 7.05 Å². The van der Waals surface area contributed by atoms with Crippen LogP contribution in [0, 0.1) is 0 Å². The van der Waals surface area contributed by atoms with E-state index in [-0.39, 0.29) is 24.5 Å². The Kier molecular flexibility index (Phi) is 7.23. The first-order valence-electron chi connectivity index (χ1n) is 5.00. The average molecular weight is 215 g/mol. The van der Waals surface area contributed by atoms with Crippen LogP contribution in [0.1, 0.15) is 38.5 Å². The standard InChI is InChI=1S/C10H17NO4/c1-11-9(13)5-3-2-4-8(12)6-7-10(14)15/h2-7H2,1H3,(H,11,13)(H,14,15). The predicted octanol–water partition coefficient (Wildman–Crippen LogP) is 0.727. The maximum atomic E-state index is 11.1. The third-order valence-electron chi connectivity index (χ3n) is 2.01. The van der Waals surface area contributed by atoms with Gasteiger partial charge in [-0.3, -0.25) is 14.4 Å². The van der Waals surface area contributed by atoms with Gasteiger partial charge in [-0.15, -0.1) is 0 Å². The van der Waals surface area contributed by atoms with Crippen molar-refractivity contribution in [3.05, 3.63) is 0 Å². The molecular formula is C10H17NO4. The van der Waals surface area contributed by atoms with E-state index in [4.69, 9.17) is 5.11 Å². The van der Waals surface area contributed by atoms with E-state index in [1.54, 1.807) is 7.05 Å². The van der Waals surface area contributed by atoms with E-state index in [9.17, 15) is 14.4 Å². The van der Waals surface area contributed by atoms with Gasteiger partial charge in [0.25, 0.3) is 0 Å². The summed E-state index contributed by atoms with van der Waals surface area (Å²) in [5.41, 5.74) is 0. The van der Waals surface area contributed by atoms with Crippen LogP contribution in [0.25, 0.3) is 0 Å². The number of hydrogen-bond donors (Lipinski definition) is 2. The predicted molar refractivity (Wildman–Crippen MR) is 54.4 cm³/mol. The smallest absolute Gasteiger partial charge is 0.303 e. The number of rotatable bonds is 8. The summed E-state index contributed by atoms with van der Waals surface area (Å²) in [6.45, 7) is 0. The van der Waals surface area contributed by atoms with Crippen molar-refractivity contribution in [1.82, 2.24) is 5.32 Å². The second kappa shape index (κ2) is 7.96. The fraction of sp³-hybridized carbons (Fsp3) is 0.700. The van der Waals surface area contributed by atoms with Crippen LogP contribution in [0.3, 0.4) is 0 Å². The minimum Gasteiger partial charge on any atom is -0.481 e. The zero-order chi connectivity index (χ0) is 11.7. The van der Waals surface area contributed by atoms with Crippen LogP contribution < -0.4 is 5.32 Å². The molecule has 0 aliphatic rings. The van der Waals surface area contributed by atoms with E-state index >= 15 is 0 Å². The van der Waals surface area contributed by atoms with E-state index in [0.29, 0.717) is 25.7 Å². The molecule has 0 bridgehead atoms. The van der Waals surface area contributed by atoms with Crippen LogP contribution in [0.15, 0.2) is 0 Å². The molecule has 0 radical (unpaired) electrons. The highest BCUT2D eigenvalue weighted by Gasteiger charge is 2.05. The van der Waals surface area contributed by atoms with Gasteiger partial charge in [-0.25, -0.2) is 0 Å². The highest BCUT2D eigenvalue weighted by Crippen LogP contribution is 2.04. The Labute approximate surface area is 88.9 Å². The number of hydrogen-bond acceptors (Lipinski definition) is 3. The van der Waals surface area contributed by atoms with Crippen LogP contribution in [0.5, 0.6) is 0 Å². The van der Waals surface area contributed by atoms with Gasteiger partial charge in [0.15, 0.2) is 0 Å². The van der Waals surface area contributed by atoms with E-state index in [0.717, 1.165) is 0 Å². The molecule has 0 aliphatic heterocycles. The molecule has 0 aromatic rings. The summed E-state index contributed by atoms with van der Waals surface area (Å²) in [4.78, 5) is 32.1. The van der Waals surface area contributed by atoms with Gasteiger partial charge in [-0.05, 0) is 12.8 Å². The molecule has 0 spiro atoms. The minimum absolute atomic E-state index is 0.0343. The van der Waals surface area contributed by atoms with Crippen molar-refractivity contribution in [2.24, 2.45) is 0 Å². The summed E-state index contributed by atoms with van der Waals surface area (Å²) >= 11 is 0. The number of nitrogens with one attached hydrogen (secondary N) is 1. The van der Waals surface area contributed by atoms with Crippen molar-refractivity contribution >= 4 is 17.7 Å². The molecule has 5 heteroatoms. The van der Waals surface area contributed by atoms with Gasteiger partial charge >= 0.3 is 5.97 Å². The van der Waals surface area contributed by atoms with E-state index in [1.165, 1.54) is 0 Å². The molecule has 0 aromatic carbocycles. The molecule has 0 saturated heterocycles. The summed E-state index contributed by atoms with van der Waals surface area (Å²) in [6, 6.07) is 0. The number of aliphatic carboxylic acids is 1. The molecule has 0 aromatic heterocycles. The van der Waals surface area contributed by atoms with Gasteiger partial charge in [0.1, 0.15) is 5.78 Å². The first-order chi connectivity index (χ1) is 7.06. The second-order valence-electron chi connectivity index (χ2n) is 3.31. The fourth-order valence-electron chi connectivity index (χ4n) is 1.10. The van der Waals surface area contributed by atoms with Gasteiger partial charge in [0.2, 0.25) is 5.91 Å². The van der Waals surface area contributed by atoms with Crippen LogP contribution in [0.4, 0.5) is 0 Å². The lowest BCUT2D eigenvalue weighted by atomic mass is 10.1. The monoisotopic (exact) mass is 215 g/mol. The van der Waals surface area contributed by atoms with Crippen molar-refractivity contribution in [2.45, 2.75) is 38.5 Å². The quantitative estimate of drug-likeness (QED) is 0.584. The van der Waals surface area contributed by atoms with Crippen LogP contribution >= 0.6 is 0 Å². The third kappa shape index (κ3) is 8.93. The normalized spacial score (nSPS) is 9.67. The van der Waals surface area contributed by atoms with Crippen LogP contribution in [-0.2, 0) is 14.4 Å². The van der Waals surface area contributed by atoms with Crippen LogP contribution in [0.2, 0.25) is 0 Å². The van der Waals surface area contributed by atoms with Crippen LogP contribution in [-0.4, -0.2) is 29.8 Å². The summed E-state index contributed by atoms with van der Waals surface area (Å²) in [5, 5.41) is 10.8. The zero-order valence-corrected chi connectivity index (χ0v) is 8.91. The number of carboxylic acids is 1. The Morgan fingerprint density at radius 1 is 1.00 bits per heavy atom. The second-order valence-corrected chi connectivity index (χ2v) is 3.31. The number of amides is 1. The Bertz CT molecular complexity index is 238. The zero-order valence-electron chi connectivity index (χ0n) is 8.91. The molecular weight excluding hydrogens is 198 g/mol. The lowest BCUT2D eigenvalue weighted by molar-refractivity contribution is -0.138. The molecule has 0 fully saturated rings. The molecule has 86 valence electrons. The first kappa shape index (κ1) is 13.6. The molecule has 0 heterocycles. The minimum atomic E-state index is -0.950. The summed E-state index contributed by atoms with van der Waals surface area (Å²) in [7, 11) is 1.57. The van der Waals surface area contributed by atoms with Gasteiger partial charge in [0.05, 0.1) is 6.42 Å². The number of Topliss-reactive ketones (excluding diaryl/α,β-unsaturated/α-hetero) is 1. The fourth-order valence-corrected chi connectivity index (χ4v) is 1.10. The highest BCUT2D eigenvalue weighted by molar-refractivity contribution is 5.82. The SMILES string of the molecule is CNC(=O)CCCCC(=O)CCC(=O)O. The summed E-state index contributed by atoms with van der Waals surface area (Å²) in [6.07, 6.45) is 2.08. The molecule has 15 heavy (non-hydrogen) atoms. The number of ketones is 1. The number of unbranched alkanes of at least 4 members (excludes halogenated alkanes) is 1. The first-order valence-corrected chi connectivity index (χ1v) is 5.00. The Morgan fingerprint density at radius 3 is 2.13 bits per heavy atom. The largest absolute Gasteiger partial charge is 0.481 e. The van der Waals surface area contributed by atoms with E-state index in [2.05, 4.69) is 5.32 Å². The molecule has 2 N–H and O–H groups in total. The Hall–Kier alpha value is -1.39. The maximum Gasteiger partial charge on any atom is 0.303 e. The molecule has 0 unspecified atom stereocenters. The topological polar surface area (TPSA) is 83.5 Å². The third-order valence-corrected chi connectivity index (χ3v) is 2.01. The number of carboxylic acid groups (broad SMARTS) is 1. The lowest BCUT2D eigenvalue weighted by Gasteiger charge is -2.00. The van der Waals surface area contributed by atoms with Crippen molar-refractivity contribution < 1.29 is 19.5 Å². The molecule has 0 saturated carbocycles. The number of carbonyl (C=O) groups is 3. The maximum absolute atomic E-state index is 11.1. The van der Waals surface area contributed by atoms with Crippen molar-refractivity contribution in [1.29, 1.82) is 0 Å². The Balaban J connectivity index is 3.39. The van der Waals surface area contributed by atoms with Gasteiger partial charge in [0, 0.05) is 26.3 Å². The van der Waals surface area contributed by atoms with E-state index < -0.39 is 5.97 Å². The van der Waals surface area contributed by atoms with Crippen molar-refractivity contribution in [3.63, 3.8) is 0 Å². The Morgan fingerprint density at radius 2 is 1.60 bits per heavy atom. The highest BCUT2D eigenvalue weighted by atomic mass is 16.4. The lowest BCUT2D eigenvalue weighted by Crippen LogP contribution is -2.17. The van der Waals surface area contributed by atoms with Crippen molar-refractivity contribution in [3.8, 4) is 0 Å². The van der Waals surface area contributed by atoms with E-state index in [1.807, 2.05) is 0 Å². The molecule has 5 nitrogen and oxygen atoms in total. The molecule has 0 rings (SSSR count). The molecule has 1 amide bonds.